The molecular formula is C17H19N5O3S. The van der Waals surface area contributed by atoms with Crippen LogP contribution in [0.2, 0.25) is 0 Å². The monoisotopic (exact) mass is 373 g/mol. The first-order valence-corrected chi connectivity index (χ1v) is 10.3. The summed E-state index contributed by atoms with van der Waals surface area (Å²) >= 11 is 0. The molecule has 0 saturated carbocycles. The van der Waals surface area contributed by atoms with Crippen LogP contribution in [-0.2, 0) is 16.4 Å². The summed E-state index contributed by atoms with van der Waals surface area (Å²) in [6, 6.07) is 8.36. The van der Waals surface area contributed by atoms with Gasteiger partial charge in [0.25, 0.3) is 5.91 Å². The molecule has 0 spiro atoms. The van der Waals surface area contributed by atoms with Gasteiger partial charge in [0.2, 0.25) is 0 Å². The predicted octanol–water partition coefficient (Wildman–Crippen LogP) is -0.00480. The van der Waals surface area contributed by atoms with Crippen molar-refractivity contribution < 1.29 is 13.2 Å². The molecule has 0 aliphatic carbocycles. The molecule has 0 N–H and O–H groups in total. The Labute approximate surface area is 151 Å². The number of fused-ring (bicyclic) bond motifs is 1. The number of carbonyl (C=O) groups is 1. The Kier molecular flexibility index (Phi) is 4.41. The predicted molar refractivity (Wildman–Crippen MR) is 93.9 cm³/mol. The summed E-state index contributed by atoms with van der Waals surface area (Å²) in [7, 11) is -3.19. The molecule has 2 aliphatic rings. The zero-order valence-electron chi connectivity index (χ0n) is 14.1. The van der Waals surface area contributed by atoms with Crippen molar-refractivity contribution in [2.24, 2.45) is 0 Å². The molecule has 2 fully saturated rings. The van der Waals surface area contributed by atoms with Crippen molar-refractivity contribution in [1.82, 2.24) is 25.0 Å². The van der Waals surface area contributed by atoms with Crippen LogP contribution in [0.3, 0.4) is 0 Å². The second-order valence-electron chi connectivity index (χ2n) is 6.61. The van der Waals surface area contributed by atoms with Crippen molar-refractivity contribution in [1.29, 1.82) is 0 Å². The van der Waals surface area contributed by atoms with E-state index in [-0.39, 0.29) is 35.2 Å². The highest BCUT2D eigenvalue weighted by atomic mass is 32.2. The van der Waals surface area contributed by atoms with Gasteiger partial charge in [0.1, 0.15) is 0 Å². The van der Waals surface area contributed by atoms with E-state index in [0.29, 0.717) is 19.6 Å². The molecule has 2 aliphatic heterocycles. The third-order valence-electron chi connectivity index (χ3n) is 4.93. The summed E-state index contributed by atoms with van der Waals surface area (Å²) in [5.41, 5.74) is 1.14. The summed E-state index contributed by atoms with van der Waals surface area (Å²) in [5.74, 6) is -0.209. The lowest BCUT2D eigenvalue weighted by atomic mass is 10.0. The fraction of sp³-hybridized carbons (Fsp3) is 0.412. The Hall–Kier alpha value is -2.39. The van der Waals surface area contributed by atoms with Gasteiger partial charge in [-0.25, -0.2) is 8.42 Å². The lowest BCUT2D eigenvalue weighted by Gasteiger charge is -2.43. The molecule has 0 unspecified atom stereocenters. The zero-order chi connectivity index (χ0) is 18.1. The van der Waals surface area contributed by atoms with Gasteiger partial charge in [0.15, 0.2) is 15.5 Å². The normalized spacial score (nSPS) is 25.0. The molecule has 4 heterocycles. The standard InChI is InChI=1S/C17H19N5O3S/c23-17(14-5-3-7-19-20-14)22-9-8-21(10-13-4-1-2-6-18-13)15-11-26(24,25)12-16(15)22/h1-7,15-16H,8-12H2/t15-,16+/m1/s1. The number of nitrogens with zero attached hydrogens (tertiary/aromatic N) is 5. The van der Waals surface area contributed by atoms with Crippen LogP contribution in [0.15, 0.2) is 42.7 Å². The number of rotatable bonds is 3. The maximum Gasteiger partial charge on any atom is 0.274 e. The number of hydrogen-bond donors (Lipinski definition) is 0. The third kappa shape index (κ3) is 3.32. The van der Waals surface area contributed by atoms with E-state index < -0.39 is 9.84 Å². The highest BCUT2D eigenvalue weighted by Crippen LogP contribution is 2.28. The van der Waals surface area contributed by atoms with Gasteiger partial charge < -0.3 is 4.90 Å². The highest BCUT2D eigenvalue weighted by molar-refractivity contribution is 7.91. The number of aromatic nitrogens is 3. The summed E-state index contributed by atoms with van der Waals surface area (Å²) < 4.78 is 24.6. The lowest BCUT2D eigenvalue weighted by molar-refractivity contribution is 0.0297. The molecule has 9 heteroatoms. The van der Waals surface area contributed by atoms with Crippen LogP contribution >= 0.6 is 0 Å². The molecule has 26 heavy (non-hydrogen) atoms. The van der Waals surface area contributed by atoms with Crippen molar-refractivity contribution >= 4 is 15.7 Å². The van der Waals surface area contributed by atoms with Crippen molar-refractivity contribution in [2.45, 2.75) is 18.6 Å². The van der Waals surface area contributed by atoms with Gasteiger partial charge in [-0.2, -0.15) is 5.10 Å². The van der Waals surface area contributed by atoms with E-state index in [0.717, 1.165) is 5.69 Å². The van der Waals surface area contributed by atoms with Crippen LogP contribution in [0.1, 0.15) is 16.2 Å². The maximum atomic E-state index is 12.8. The molecule has 8 nitrogen and oxygen atoms in total. The summed E-state index contributed by atoms with van der Waals surface area (Å²) in [4.78, 5) is 20.9. The van der Waals surface area contributed by atoms with Gasteiger partial charge in [-0.05, 0) is 24.3 Å². The average molecular weight is 373 g/mol. The number of pyridine rings is 1. The Morgan fingerprint density at radius 3 is 2.65 bits per heavy atom. The van der Waals surface area contributed by atoms with E-state index in [1.807, 2.05) is 18.2 Å². The van der Waals surface area contributed by atoms with E-state index in [9.17, 15) is 13.2 Å². The molecule has 1 amide bonds. The second kappa shape index (κ2) is 6.73. The first-order valence-electron chi connectivity index (χ1n) is 8.46. The number of sulfone groups is 1. The van der Waals surface area contributed by atoms with Crippen molar-refractivity contribution in [3.8, 4) is 0 Å². The summed E-state index contributed by atoms with van der Waals surface area (Å²) in [5, 5.41) is 7.63. The van der Waals surface area contributed by atoms with Gasteiger partial charge in [-0.1, -0.05) is 6.07 Å². The Balaban J connectivity index is 1.59. The minimum Gasteiger partial charge on any atom is -0.330 e. The van der Waals surface area contributed by atoms with Crippen LogP contribution in [0, 0.1) is 0 Å². The Morgan fingerprint density at radius 1 is 1.08 bits per heavy atom. The molecule has 0 aromatic carbocycles. The molecule has 136 valence electrons. The molecule has 2 atom stereocenters. The first kappa shape index (κ1) is 17.0. The quantitative estimate of drug-likeness (QED) is 0.747. The zero-order valence-corrected chi connectivity index (χ0v) is 14.9. The smallest absolute Gasteiger partial charge is 0.274 e. The van der Waals surface area contributed by atoms with Gasteiger partial charge in [-0.3, -0.25) is 14.7 Å². The fourth-order valence-electron chi connectivity index (χ4n) is 3.74. The SMILES string of the molecule is O=C(c1cccnn1)N1CCN(Cc2ccccn2)[C@@H]2CS(=O)(=O)C[C@@H]21. The average Bonchev–Trinajstić information content (AvgIpc) is 2.98. The van der Waals surface area contributed by atoms with E-state index in [4.69, 9.17) is 0 Å². The van der Waals surface area contributed by atoms with Crippen LogP contribution in [-0.4, -0.2) is 76.0 Å². The number of carbonyl (C=O) groups excluding carboxylic acids is 1. The largest absolute Gasteiger partial charge is 0.330 e. The van der Waals surface area contributed by atoms with Gasteiger partial charge in [-0.15, -0.1) is 5.10 Å². The van der Waals surface area contributed by atoms with Crippen molar-refractivity contribution in [2.75, 3.05) is 24.6 Å². The number of amides is 1. The van der Waals surface area contributed by atoms with E-state index in [2.05, 4.69) is 20.1 Å². The maximum absolute atomic E-state index is 12.8. The van der Waals surface area contributed by atoms with Crippen molar-refractivity contribution in [3.63, 3.8) is 0 Å². The fourth-order valence-corrected chi connectivity index (χ4v) is 5.75. The Morgan fingerprint density at radius 2 is 1.92 bits per heavy atom. The van der Waals surface area contributed by atoms with E-state index in [1.54, 1.807) is 23.2 Å². The third-order valence-corrected chi connectivity index (χ3v) is 6.63. The molecule has 2 aromatic heterocycles. The van der Waals surface area contributed by atoms with E-state index in [1.165, 1.54) is 6.20 Å². The van der Waals surface area contributed by atoms with Gasteiger partial charge in [0.05, 0.1) is 23.2 Å². The summed E-state index contributed by atoms with van der Waals surface area (Å²) in [6.07, 6.45) is 3.23. The van der Waals surface area contributed by atoms with Crippen LogP contribution in [0.5, 0.6) is 0 Å². The van der Waals surface area contributed by atoms with Crippen molar-refractivity contribution in [3.05, 3.63) is 54.1 Å². The first-order chi connectivity index (χ1) is 12.5. The van der Waals surface area contributed by atoms with Gasteiger partial charge >= 0.3 is 0 Å². The second-order valence-corrected chi connectivity index (χ2v) is 8.76. The molecule has 0 radical (unpaired) electrons. The number of hydrogen-bond acceptors (Lipinski definition) is 7. The minimum atomic E-state index is -3.19. The molecule has 0 bridgehead atoms. The molecular weight excluding hydrogens is 354 g/mol. The topological polar surface area (TPSA) is 96.4 Å². The summed E-state index contributed by atoms with van der Waals surface area (Å²) in [6.45, 7) is 1.63. The van der Waals surface area contributed by atoms with Crippen LogP contribution in [0.4, 0.5) is 0 Å². The van der Waals surface area contributed by atoms with E-state index >= 15 is 0 Å². The van der Waals surface area contributed by atoms with Crippen LogP contribution in [0.25, 0.3) is 0 Å². The molecule has 2 aromatic rings. The van der Waals surface area contributed by atoms with Gasteiger partial charge in [0, 0.05) is 38.1 Å². The number of piperazine rings is 1. The Bertz CT molecular complexity index is 891. The molecule has 4 rings (SSSR count). The van der Waals surface area contributed by atoms with Crippen LogP contribution < -0.4 is 0 Å². The minimum absolute atomic E-state index is 0.0115. The molecule has 2 saturated heterocycles. The highest BCUT2D eigenvalue weighted by Gasteiger charge is 2.48. The lowest BCUT2D eigenvalue weighted by Crippen LogP contribution is -2.60.